The van der Waals surface area contributed by atoms with E-state index in [1.54, 1.807) is 25.1 Å². The molecule has 0 bridgehead atoms. The van der Waals surface area contributed by atoms with E-state index in [1.807, 2.05) is 31.3 Å². The maximum absolute atomic E-state index is 12.3. The van der Waals surface area contributed by atoms with Gasteiger partial charge in [0.15, 0.2) is 9.84 Å². The molecular weight excluding hydrogens is 344 g/mol. The van der Waals surface area contributed by atoms with Crippen molar-refractivity contribution in [2.45, 2.75) is 18.7 Å². The Balaban J connectivity index is 2.07. The van der Waals surface area contributed by atoms with E-state index >= 15 is 0 Å². The predicted octanol–water partition coefficient (Wildman–Crippen LogP) is 4.67. The monoisotopic (exact) mass is 363 g/mol. The molecule has 4 rings (SSSR count). The van der Waals surface area contributed by atoms with Crippen LogP contribution in [0.1, 0.15) is 18.1 Å². The van der Waals surface area contributed by atoms with Crippen LogP contribution in [0.25, 0.3) is 33.1 Å². The Morgan fingerprint density at radius 3 is 2.73 bits per heavy atom. The molecule has 0 unspecified atom stereocenters. The van der Waals surface area contributed by atoms with E-state index in [1.165, 1.54) is 0 Å². The summed E-state index contributed by atoms with van der Waals surface area (Å²) in [5.74, 6) is 0.0808. The molecule has 2 aromatic carbocycles. The SMILES string of the molecule is [CH2]c1cc(-c2cccc(S(=O)(=O)CC)c2)c2c(c1)[nH]c1ncc(C)cc12. The van der Waals surface area contributed by atoms with E-state index in [4.69, 9.17) is 0 Å². The number of aromatic nitrogens is 2. The second-order valence-electron chi connectivity index (χ2n) is 6.53. The van der Waals surface area contributed by atoms with Gasteiger partial charge in [-0.1, -0.05) is 25.1 Å². The summed E-state index contributed by atoms with van der Waals surface area (Å²) in [4.78, 5) is 8.17. The molecule has 0 aliphatic heterocycles. The first-order valence-corrected chi connectivity index (χ1v) is 10.1. The number of pyridine rings is 1. The first-order chi connectivity index (χ1) is 12.4. The van der Waals surface area contributed by atoms with Crippen LogP contribution in [0.2, 0.25) is 0 Å². The second-order valence-corrected chi connectivity index (χ2v) is 8.81. The molecule has 0 amide bonds. The highest BCUT2D eigenvalue weighted by Crippen LogP contribution is 2.36. The molecule has 0 aliphatic carbocycles. The molecule has 2 aromatic heterocycles. The summed E-state index contributed by atoms with van der Waals surface area (Å²) in [6.45, 7) is 7.74. The number of nitrogens with zero attached hydrogens (tertiary/aromatic N) is 1. The number of rotatable bonds is 3. The van der Waals surface area contributed by atoms with Gasteiger partial charge in [-0.2, -0.15) is 0 Å². The summed E-state index contributed by atoms with van der Waals surface area (Å²) in [6, 6.07) is 13.2. The quantitative estimate of drug-likeness (QED) is 0.575. The van der Waals surface area contributed by atoms with Crippen LogP contribution in [0.5, 0.6) is 0 Å². The maximum atomic E-state index is 12.3. The summed E-state index contributed by atoms with van der Waals surface area (Å²) in [6.07, 6.45) is 1.83. The highest BCUT2D eigenvalue weighted by atomic mass is 32.2. The molecule has 0 fully saturated rings. The zero-order chi connectivity index (χ0) is 18.5. The summed E-state index contributed by atoms with van der Waals surface area (Å²) in [7, 11) is -3.26. The number of sulfone groups is 1. The first kappa shape index (κ1) is 16.8. The molecule has 0 spiro atoms. The topological polar surface area (TPSA) is 62.8 Å². The Morgan fingerprint density at radius 1 is 1.15 bits per heavy atom. The molecule has 0 saturated heterocycles. The smallest absolute Gasteiger partial charge is 0.178 e. The van der Waals surface area contributed by atoms with Crippen LogP contribution in [-0.4, -0.2) is 24.1 Å². The van der Waals surface area contributed by atoms with Crippen molar-refractivity contribution in [3.63, 3.8) is 0 Å². The van der Waals surface area contributed by atoms with Gasteiger partial charge in [0.2, 0.25) is 0 Å². The fraction of sp³-hybridized carbons (Fsp3) is 0.143. The van der Waals surface area contributed by atoms with E-state index in [-0.39, 0.29) is 5.75 Å². The zero-order valence-electron chi connectivity index (χ0n) is 14.7. The van der Waals surface area contributed by atoms with Gasteiger partial charge in [-0.15, -0.1) is 0 Å². The van der Waals surface area contributed by atoms with Crippen LogP contribution in [0.15, 0.2) is 53.6 Å². The van der Waals surface area contributed by atoms with Crippen LogP contribution in [0.3, 0.4) is 0 Å². The molecular formula is C21H19N2O2S. The van der Waals surface area contributed by atoms with E-state index in [2.05, 4.69) is 23.0 Å². The minimum atomic E-state index is -3.26. The number of hydrogen-bond acceptors (Lipinski definition) is 3. The lowest BCUT2D eigenvalue weighted by Gasteiger charge is -2.09. The molecule has 4 aromatic rings. The predicted molar refractivity (Wildman–Crippen MR) is 106 cm³/mol. The van der Waals surface area contributed by atoms with Gasteiger partial charge >= 0.3 is 0 Å². The third kappa shape index (κ3) is 2.69. The average molecular weight is 363 g/mol. The summed E-state index contributed by atoms with van der Waals surface area (Å²) in [5, 5.41) is 2.06. The Bertz CT molecular complexity index is 1250. The number of nitrogens with one attached hydrogen (secondary N) is 1. The molecule has 1 N–H and O–H groups in total. The fourth-order valence-electron chi connectivity index (χ4n) is 3.33. The minimum absolute atomic E-state index is 0.0808. The third-order valence-electron chi connectivity index (χ3n) is 4.63. The Morgan fingerprint density at radius 2 is 1.96 bits per heavy atom. The van der Waals surface area contributed by atoms with Gasteiger partial charge in [-0.05, 0) is 60.4 Å². The fourth-order valence-corrected chi connectivity index (χ4v) is 4.25. The Kier molecular flexibility index (Phi) is 3.84. The molecule has 5 heteroatoms. The minimum Gasteiger partial charge on any atom is -0.339 e. The highest BCUT2D eigenvalue weighted by molar-refractivity contribution is 7.91. The molecule has 0 aliphatic rings. The van der Waals surface area contributed by atoms with E-state index < -0.39 is 9.84 Å². The number of aromatic amines is 1. The Hall–Kier alpha value is -2.66. The largest absolute Gasteiger partial charge is 0.339 e. The van der Waals surface area contributed by atoms with Crippen molar-refractivity contribution in [1.82, 2.24) is 9.97 Å². The van der Waals surface area contributed by atoms with Gasteiger partial charge in [0, 0.05) is 22.5 Å². The maximum Gasteiger partial charge on any atom is 0.178 e. The molecule has 26 heavy (non-hydrogen) atoms. The van der Waals surface area contributed by atoms with Gasteiger partial charge in [0.05, 0.1) is 10.6 Å². The van der Waals surface area contributed by atoms with Crippen LogP contribution in [-0.2, 0) is 9.84 Å². The second kappa shape index (κ2) is 5.95. The molecule has 0 saturated carbocycles. The van der Waals surface area contributed by atoms with Crippen molar-refractivity contribution >= 4 is 31.8 Å². The normalized spacial score (nSPS) is 12.1. The third-order valence-corrected chi connectivity index (χ3v) is 6.36. The van der Waals surface area contributed by atoms with E-state index in [0.29, 0.717) is 4.90 Å². The van der Waals surface area contributed by atoms with Crippen molar-refractivity contribution < 1.29 is 8.42 Å². The number of H-pyrrole nitrogens is 1. The lowest BCUT2D eigenvalue weighted by atomic mass is 9.97. The molecule has 0 atom stereocenters. The average Bonchev–Trinajstić information content (AvgIpc) is 2.98. The van der Waals surface area contributed by atoms with Crippen LogP contribution >= 0.6 is 0 Å². The van der Waals surface area contributed by atoms with Crippen molar-refractivity contribution in [2.75, 3.05) is 5.75 Å². The van der Waals surface area contributed by atoms with Crippen molar-refractivity contribution in [2.24, 2.45) is 0 Å². The molecule has 4 nitrogen and oxygen atoms in total. The van der Waals surface area contributed by atoms with Crippen molar-refractivity contribution in [3.8, 4) is 11.1 Å². The molecule has 1 radical (unpaired) electrons. The summed E-state index contributed by atoms with van der Waals surface area (Å²) >= 11 is 0. The van der Waals surface area contributed by atoms with Crippen molar-refractivity contribution in [1.29, 1.82) is 0 Å². The Labute approximate surface area is 152 Å². The zero-order valence-corrected chi connectivity index (χ0v) is 15.5. The first-order valence-electron chi connectivity index (χ1n) is 8.46. The highest BCUT2D eigenvalue weighted by Gasteiger charge is 2.16. The van der Waals surface area contributed by atoms with Gasteiger partial charge in [-0.25, -0.2) is 13.4 Å². The van der Waals surface area contributed by atoms with Crippen LogP contribution in [0, 0.1) is 13.8 Å². The molecule has 131 valence electrons. The van der Waals surface area contributed by atoms with Gasteiger partial charge in [0.25, 0.3) is 0 Å². The van der Waals surface area contributed by atoms with Gasteiger partial charge in [-0.3, -0.25) is 0 Å². The van der Waals surface area contributed by atoms with E-state index in [9.17, 15) is 8.42 Å². The summed E-state index contributed by atoms with van der Waals surface area (Å²) in [5.41, 5.74) is 5.51. The standard InChI is InChI=1S/C21H19N2O2S/c1-4-26(24,25)16-7-5-6-15(11-16)17-8-13(2)10-19-20(17)18-9-14(3)12-22-21(18)23-19/h5-12H,2,4H2,1,3H3,(H,22,23). The van der Waals surface area contributed by atoms with Crippen LogP contribution in [0.4, 0.5) is 0 Å². The number of hydrogen-bond donors (Lipinski definition) is 1. The lowest BCUT2D eigenvalue weighted by Crippen LogP contribution is -2.03. The number of fused-ring (bicyclic) bond motifs is 3. The molecule has 2 heterocycles. The van der Waals surface area contributed by atoms with E-state index in [0.717, 1.165) is 44.2 Å². The number of benzene rings is 2. The van der Waals surface area contributed by atoms with Crippen LogP contribution < -0.4 is 0 Å². The number of aryl methyl sites for hydroxylation is 1. The van der Waals surface area contributed by atoms with Gasteiger partial charge in [0.1, 0.15) is 5.65 Å². The van der Waals surface area contributed by atoms with Crippen molar-refractivity contribution in [3.05, 3.63) is 66.7 Å². The lowest BCUT2D eigenvalue weighted by molar-refractivity contribution is 0.597. The van der Waals surface area contributed by atoms with Gasteiger partial charge < -0.3 is 4.98 Å². The summed E-state index contributed by atoms with van der Waals surface area (Å²) < 4.78 is 24.6.